The molecule has 1 amide bonds. The highest BCUT2D eigenvalue weighted by Crippen LogP contribution is 2.21. The topological polar surface area (TPSA) is 80.9 Å². The Labute approximate surface area is 210 Å². The lowest BCUT2D eigenvalue weighted by atomic mass is 10.1. The predicted octanol–water partition coefficient (Wildman–Crippen LogP) is 4.28. The zero-order valence-electron chi connectivity index (χ0n) is 20.2. The minimum absolute atomic E-state index is 0.0133. The number of hydrogen-bond acceptors (Lipinski definition) is 7. The molecule has 5 rings (SSSR count). The van der Waals surface area contributed by atoms with Gasteiger partial charge < -0.3 is 18.9 Å². The molecule has 36 heavy (non-hydrogen) atoms. The first kappa shape index (κ1) is 23.6. The molecule has 2 heterocycles. The largest absolute Gasteiger partial charge is 0.497 e. The van der Waals surface area contributed by atoms with Crippen molar-refractivity contribution in [3.8, 4) is 22.9 Å². The van der Waals surface area contributed by atoms with Crippen molar-refractivity contribution in [2.75, 3.05) is 33.3 Å². The predicted molar refractivity (Wildman–Crippen MR) is 135 cm³/mol. The fourth-order valence-electron chi connectivity index (χ4n) is 4.12. The maximum absolute atomic E-state index is 13.1. The number of aromatic nitrogens is 2. The van der Waals surface area contributed by atoms with Gasteiger partial charge in [0.2, 0.25) is 11.7 Å². The van der Waals surface area contributed by atoms with Gasteiger partial charge in [-0.15, -0.1) is 0 Å². The first-order valence-corrected chi connectivity index (χ1v) is 11.9. The average molecular weight is 485 g/mol. The van der Waals surface area contributed by atoms with Crippen LogP contribution in [0, 0.1) is 0 Å². The van der Waals surface area contributed by atoms with Gasteiger partial charge in [0.1, 0.15) is 18.1 Å². The van der Waals surface area contributed by atoms with E-state index in [0.717, 1.165) is 30.0 Å². The van der Waals surface area contributed by atoms with Crippen LogP contribution in [0.25, 0.3) is 11.4 Å². The lowest BCUT2D eigenvalue weighted by Crippen LogP contribution is -2.48. The highest BCUT2D eigenvalue weighted by atomic mass is 16.5. The Morgan fingerprint density at radius 3 is 2.44 bits per heavy atom. The van der Waals surface area contributed by atoms with Gasteiger partial charge in [-0.05, 0) is 48.0 Å². The summed E-state index contributed by atoms with van der Waals surface area (Å²) in [6, 6.07) is 24.9. The summed E-state index contributed by atoms with van der Waals surface area (Å²) in [5, 5.41) is 4.10. The molecule has 8 heteroatoms. The smallest absolute Gasteiger partial charge is 0.254 e. The van der Waals surface area contributed by atoms with E-state index in [1.165, 1.54) is 0 Å². The van der Waals surface area contributed by atoms with E-state index < -0.39 is 0 Å². The Morgan fingerprint density at radius 2 is 1.69 bits per heavy atom. The average Bonchev–Trinajstić information content (AvgIpc) is 3.41. The number of hydrogen-bond donors (Lipinski definition) is 0. The van der Waals surface area contributed by atoms with E-state index in [4.69, 9.17) is 14.0 Å². The van der Waals surface area contributed by atoms with Gasteiger partial charge >= 0.3 is 0 Å². The van der Waals surface area contributed by atoms with Crippen LogP contribution in [0.1, 0.15) is 21.8 Å². The number of piperazine rings is 1. The van der Waals surface area contributed by atoms with Gasteiger partial charge in [-0.25, -0.2) is 0 Å². The lowest BCUT2D eigenvalue weighted by Gasteiger charge is -2.34. The summed E-state index contributed by atoms with van der Waals surface area (Å²) < 4.78 is 16.5. The number of carbonyl (C=O) groups excluding carboxylic acids is 1. The number of benzene rings is 3. The standard InChI is InChI=1S/C28H28N4O4/c1-34-24-12-10-22(11-13-24)27-29-26(36-30-27)19-31-14-16-32(17-15-31)28(33)23-8-5-9-25(18-23)35-20-21-6-3-2-4-7-21/h2-13,18H,14-17,19-20H2,1H3. The number of nitrogens with zero attached hydrogens (tertiary/aromatic N) is 4. The molecule has 1 aliphatic rings. The SMILES string of the molecule is COc1ccc(-c2noc(CN3CCN(C(=O)c4cccc(OCc5ccccc5)c4)CC3)n2)cc1. The van der Waals surface area contributed by atoms with E-state index >= 15 is 0 Å². The number of amides is 1. The van der Waals surface area contributed by atoms with E-state index in [1.54, 1.807) is 7.11 Å². The van der Waals surface area contributed by atoms with E-state index in [9.17, 15) is 4.79 Å². The normalized spacial score (nSPS) is 14.0. The first-order chi connectivity index (χ1) is 17.7. The fourth-order valence-corrected chi connectivity index (χ4v) is 4.12. The van der Waals surface area contributed by atoms with Crippen LogP contribution in [0.3, 0.4) is 0 Å². The highest BCUT2D eigenvalue weighted by Gasteiger charge is 2.24. The van der Waals surface area contributed by atoms with Crippen molar-refractivity contribution in [3.63, 3.8) is 0 Å². The summed E-state index contributed by atoms with van der Waals surface area (Å²) in [6.07, 6.45) is 0. The molecule has 0 radical (unpaired) electrons. The molecule has 0 spiro atoms. The highest BCUT2D eigenvalue weighted by molar-refractivity contribution is 5.94. The molecule has 0 N–H and O–H groups in total. The first-order valence-electron chi connectivity index (χ1n) is 11.9. The van der Waals surface area contributed by atoms with Gasteiger partial charge in [0.05, 0.1) is 13.7 Å². The molecule has 0 saturated carbocycles. The van der Waals surface area contributed by atoms with Crippen molar-refractivity contribution < 1.29 is 18.8 Å². The quantitative estimate of drug-likeness (QED) is 0.369. The number of rotatable bonds is 8. The Bertz CT molecular complexity index is 1280. The van der Waals surface area contributed by atoms with Crippen molar-refractivity contribution in [2.45, 2.75) is 13.2 Å². The van der Waals surface area contributed by atoms with Crippen LogP contribution >= 0.6 is 0 Å². The summed E-state index contributed by atoms with van der Waals surface area (Å²) >= 11 is 0. The monoisotopic (exact) mass is 484 g/mol. The minimum atomic E-state index is 0.0133. The third-order valence-electron chi connectivity index (χ3n) is 6.16. The molecule has 4 aromatic rings. The second kappa shape index (κ2) is 11.0. The second-order valence-corrected chi connectivity index (χ2v) is 8.61. The molecule has 184 valence electrons. The maximum atomic E-state index is 13.1. The van der Waals surface area contributed by atoms with Crippen molar-refractivity contribution in [1.82, 2.24) is 19.9 Å². The van der Waals surface area contributed by atoms with Gasteiger partial charge in [-0.2, -0.15) is 4.98 Å². The van der Waals surface area contributed by atoms with Crippen LogP contribution in [0.4, 0.5) is 0 Å². The van der Waals surface area contributed by atoms with Crippen molar-refractivity contribution >= 4 is 5.91 Å². The van der Waals surface area contributed by atoms with E-state index in [2.05, 4.69) is 15.0 Å². The van der Waals surface area contributed by atoms with Gasteiger partial charge in [0.25, 0.3) is 5.91 Å². The van der Waals surface area contributed by atoms with Crippen LogP contribution in [0.15, 0.2) is 83.4 Å². The molecule has 0 unspecified atom stereocenters. The van der Waals surface area contributed by atoms with Gasteiger partial charge in [0, 0.05) is 37.3 Å². The summed E-state index contributed by atoms with van der Waals surface area (Å²) in [6.45, 7) is 3.74. The number of carbonyl (C=O) groups is 1. The third kappa shape index (κ3) is 5.72. The molecule has 1 aromatic heterocycles. The molecule has 3 aromatic carbocycles. The second-order valence-electron chi connectivity index (χ2n) is 8.61. The van der Waals surface area contributed by atoms with Gasteiger partial charge in [-0.3, -0.25) is 9.69 Å². The molecular formula is C28H28N4O4. The van der Waals surface area contributed by atoms with Crippen LogP contribution in [0.2, 0.25) is 0 Å². The Balaban J connectivity index is 1.13. The number of ether oxygens (including phenoxy) is 2. The molecule has 1 saturated heterocycles. The molecule has 0 bridgehead atoms. The maximum Gasteiger partial charge on any atom is 0.254 e. The lowest BCUT2D eigenvalue weighted by molar-refractivity contribution is 0.0614. The van der Waals surface area contributed by atoms with Gasteiger partial charge in [-0.1, -0.05) is 41.6 Å². The summed E-state index contributed by atoms with van der Waals surface area (Å²) in [5.41, 5.74) is 2.59. The summed E-state index contributed by atoms with van der Waals surface area (Å²) in [4.78, 5) is 21.7. The van der Waals surface area contributed by atoms with Crippen LogP contribution in [0.5, 0.6) is 11.5 Å². The third-order valence-corrected chi connectivity index (χ3v) is 6.16. The molecule has 0 atom stereocenters. The van der Waals surface area contributed by atoms with E-state index in [-0.39, 0.29) is 5.91 Å². The van der Waals surface area contributed by atoms with Crippen LogP contribution < -0.4 is 9.47 Å². The fraction of sp³-hybridized carbons (Fsp3) is 0.250. The van der Waals surface area contributed by atoms with Crippen LogP contribution in [-0.2, 0) is 13.2 Å². The summed E-state index contributed by atoms with van der Waals surface area (Å²) in [7, 11) is 1.63. The molecular weight excluding hydrogens is 456 g/mol. The Kier molecular flexibility index (Phi) is 7.23. The van der Waals surface area contributed by atoms with Gasteiger partial charge in [0.15, 0.2) is 0 Å². The van der Waals surface area contributed by atoms with Crippen molar-refractivity contribution in [2.24, 2.45) is 0 Å². The van der Waals surface area contributed by atoms with Crippen molar-refractivity contribution in [1.29, 1.82) is 0 Å². The molecule has 1 fully saturated rings. The van der Waals surface area contributed by atoms with E-state index in [0.29, 0.717) is 49.3 Å². The Hall–Kier alpha value is -4.17. The van der Waals surface area contributed by atoms with Crippen molar-refractivity contribution in [3.05, 3.63) is 95.9 Å². The number of methoxy groups -OCH3 is 1. The molecule has 0 aliphatic carbocycles. The molecule has 8 nitrogen and oxygen atoms in total. The van der Waals surface area contributed by atoms with Crippen LogP contribution in [-0.4, -0.2) is 59.1 Å². The Morgan fingerprint density at radius 1 is 0.917 bits per heavy atom. The zero-order valence-corrected chi connectivity index (χ0v) is 20.2. The zero-order chi connectivity index (χ0) is 24.7. The molecule has 1 aliphatic heterocycles. The minimum Gasteiger partial charge on any atom is -0.497 e. The van der Waals surface area contributed by atoms with E-state index in [1.807, 2.05) is 83.8 Å². The summed E-state index contributed by atoms with van der Waals surface area (Å²) in [5.74, 6) is 2.59.